The molecule has 0 aromatic carbocycles. The molecule has 0 amide bonds. The molecule has 0 spiro atoms. The van der Waals surface area contributed by atoms with Crippen LogP contribution in [0.5, 0.6) is 0 Å². The van der Waals surface area contributed by atoms with Crippen LogP contribution in [0.2, 0.25) is 0 Å². The van der Waals surface area contributed by atoms with Crippen molar-refractivity contribution in [1.82, 2.24) is 14.5 Å². The predicted molar refractivity (Wildman–Crippen MR) is 77.2 cm³/mol. The van der Waals surface area contributed by atoms with Gasteiger partial charge in [-0.25, -0.2) is 9.97 Å². The van der Waals surface area contributed by atoms with Crippen LogP contribution >= 0.6 is 0 Å². The van der Waals surface area contributed by atoms with Gasteiger partial charge < -0.3 is 25.4 Å². The summed E-state index contributed by atoms with van der Waals surface area (Å²) in [6.07, 6.45) is 1.60. The smallest absolute Gasteiger partial charge is 0.165 e. The first-order chi connectivity index (χ1) is 10.7. The van der Waals surface area contributed by atoms with Crippen LogP contribution in [0.15, 0.2) is 18.6 Å². The van der Waals surface area contributed by atoms with Crippen molar-refractivity contribution in [1.29, 1.82) is 0 Å². The van der Waals surface area contributed by atoms with Crippen LogP contribution in [-0.4, -0.2) is 60.8 Å². The summed E-state index contributed by atoms with van der Waals surface area (Å²) in [5, 5.41) is 32.6. The van der Waals surface area contributed by atoms with Crippen LogP contribution in [0.3, 0.4) is 0 Å². The highest BCUT2D eigenvalue weighted by atomic mass is 16.6. The molecule has 4 atom stereocenters. The lowest BCUT2D eigenvalue weighted by Gasteiger charge is -2.16. The highest BCUT2D eigenvalue weighted by Gasteiger charge is 2.44. The number of nitrogens with zero attached hydrogens (tertiary/aromatic N) is 3. The van der Waals surface area contributed by atoms with Gasteiger partial charge in [-0.1, -0.05) is 0 Å². The van der Waals surface area contributed by atoms with E-state index in [9.17, 15) is 15.3 Å². The Morgan fingerprint density at radius 2 is 2.09 bits per heavy atom. The van der Waals surface area contributed by atoms with Crippen LogP contribution in [0.1, 0.15) is 19.1 Å². The standard InChI is InChI=1S/C14H18N4O4/c19-5-9-11(20)12(21)14(22-9)18-6-16-10-8(17-7-1-2-7)3-4-15-13(10)18/h3-4,6-7,9,11-12,14,19-21H,1-2,5H2,(H,15,17)/t9-,11-,12-,14-/m1/s1. The van der Waals surface area contributed by atoms with Gasteiger partial charge in [-0.15, -0.1) is 0 Å². The first-order valence-electron chi connectivity index (χ1n) is 7.39. The maximum atomic E-state index is 10.1. The Balaban J connectivity index is 1.70. The molecule has 0 bridgehead atoms. The summed E-state index contributed by atoms with van der Waals surface area (Å²) in [7, 11) is 0. The highest BCUT2D eigenvalue weighted by Crippen LogP contribution is 2.33. The van der Waals surface area contributed by atoms with E-state index in [-0.39, 0.29) is 6.61 Å². The fourth-order valence-corrected chi connectivity index (χ4v) is 2.79. The molecule has 2 aliphatic rings. The number of aromatic nitrogens is 3. The molecule has 0 unspecified atom stereocenters. The lowest BCUT2D eigenvalue weighted by atomic mass is 10.1. The third kappa shape index (κ3) is 2.15. The van der Waals surface area contributed by atoms with Crippen LogP contribution in [0, 0.1) is 0 Å². The van der Waals surface area contributed by atoms with Gasteiger partial charge in [0.1, 0.15) is 23.8 Å². The number of aliphatic hydroxyl groups excluding tert-OH is 3. The molecule has 8 nitrogen and oxygen atoms in total. The van der Waals surface area contributed by atoms with E-state index in [0.29, 0.717) is 17.2 Å². The van der Waals surface area contributed by atoms with E-state index in [1.165, 1.54) is 6.33 Å². The van der Waals surface area contributed by atoms with Crippen molar-refractivity contribution in [3.63, 3.8) is 0 Å². The van der Waals surface area contributed by atoms with Crippen molar-refractivity contribution < 1.29 is 20.1 Å². The number of imidazole rings is 1. The monoisotopic (exact) mass is 306 g/mol. The number of aliphatic hydroxyl groups is 3. The van der Waals surface area contributed by atoms with Crippen LogP contribution in [-0.2, 0) is 4.74 Å². The second kappa shape index (κ2) is 5.17. The number of fused-ring (bicyclic) bond motifs is 1. The topological polar surface area (TPSA) is 113 Å². The molecule has 1 saturated heterocycles. The van der Waals surface area contributed by atoms with Gasteiger partial charge in [-0.2, -0.15) is 0 Å². The number of nitrogens with one attached hydrogen (secondary N) is 1. The van der Waals surface area contributed by atoms with E-state index in [0.717, 1.165) is 18.5 Å². The summed E-state index contributed by atoms with van der Waals surface area (Å²) in [6, 6.07) is 2.36. The van der Waals surface area contributed by atoms with Crippen LogP contribution in [0.4, 0.5) is 5.69 Å². The molecule has 4 N–H and O–H groups in total. The fraction of sp³-hybridized carbons (Fsp3) is 0.571. The van der Waals surface area contributed by atoms with Gasteiger partial charge in [-0.3, -0.25) is 4.57 Å². The van der Waals surface area contributed by atoms with Gasteiger partial charge in [-0.05, 0) is 18.9 Å². The maximum Gasteiger partial charge on any atom is 0.165 e. The largest absolute Gasteiger partial charge is 0.394 e. The van der Waals surface area contributed by atoms with Crippen molar-refractivity contribution in [3.05, 3.63) is 18.6 Å². The number of ether oxygens (including phenoxy) is 1. The Kier molecular flexibility index (Phi) is 3.26. The second-order valence-corrected chi connectivity index (χ2v) is 5.83. The van der Waals surface area contributed by atoms with Gasteiger partial charge in [0.2, 0.25) is 0 Å². The number of hydrogen-bond acceptors (Lipinski definition) is 7. The highest BCUT2D eigenvalue weighted by molar-refractivity contribution is 5.85. The third-order valence-corrected chi connectivity index (χ3v) is 4.19. The van der Waals surface area contributed by atoms with Crippen molar-refractivity contribution in [2.75, 3.05) is 11.9 Å². The van der Waals surface area contributed by atoms with Crippen molar-refractivity contribution in [3.8, 4) is 0 Å². The van der Waals surface area contributed by atoms with E-state index < -0.39 is 24.5 Å². The molecule has 2 fully saturated rings. The predicted octanol–water partition coefficient (Wildman–Crippen LogP) is -0.383. The molecule has 2 aromatic rings. The van der Waals surface area contributed by atoms with Crippen LogP contribution < -0.4 is 5.32 Å². The Hall–Kier alpha value is -1.74. The summed E-state index contributed by atoms with van der Waals surface area (Å²) in [5.74, 6) is 0. The molecule has 3 heterocycles. The molecule has 1 saturated carbocycles. The average Bonchev–Trinajstić information content (AvgIpc) is 3.16. The number of hydrogen-bond donors (Lipinski definition) is 4. The second-order valence-electron chi connectivity index (χ2n) is 5.83. The van der Waals surface area contributed by atoms with Crippen LogP contribution in [0.25, 0.3) is 11.2 Å². The zero-order valence-corrected chi connectivity index (χ0v) is 11.8. The quantitative estimate of drug-likeness (QED) is 0.609. The molecule has 2 aromatic heterocycles. The Morgan fingerprint density at radius 1 is 1.27 bits per heavy atom. The number of rotatable bonds is 4. The normalized spacial score (nSPS) is 31.8. The van der Waals surface area contributed by atoms with E-state index in [4.69, 9.17) is 4.74 Å². The minimum atomic E-state index is -1.14. The summed E-state index contributed by atoms with van der Waals surface area (Å²) in [4.78, 5) is 8.67. The molecule has 22 heavy (non-hydrogen) atoms. The lowest BCUT2D eigenvalue weighted by molar-refractivity contribution is -0.0511. The lowest BCUT2D eigenvalue weighted by Crippen LogP contribution is -2.33. The third-order valence-electron chi connectivity index (χ3n) is 4.19. The Labute approximate surface area is 126 Å². The van der Waals surface area contributed by atoms with E-state index in [1.54, 1.807) is 10.8 Å². The maximum absolute atomic E-state index is 10.1. The van der Waals surface area contributed by atoms with Crippen molar-refractivity contribution >= 4 is 16.9 Å². The molecule has 118 valence electrons. The summed E-state index contributed by atoms with van der Waals surface area (Å²) in [6.45, 7) is -0.358. The first kappa shape index (κ1) is 13.9. The van der Waals surface area contributed by atoms with Gasteiger partial charge in [0, 0.05) is 12.2 Å². The Bertz CT molecular complexity index is 687. The molecular formula is C14H18N4O4. The molecule has 4 rings (SSSR count). The fourth-order valence-electron chi connectivity index (χ4n) is 2.79. The van der Waals surface area contributed by atoms with Gasteiger partial charge >= 0.3 is 0 Å². The van der Waals surface area contributed by atoms with Gasteiger partial charge in [0.15, 0.2) is 11.9 Å². The van der Waals surface area contributed by atoms with E-state index in [2.05, 4.69) is 15.3 Å². The van der Waals surface area contributed by atoms with Crippen molar-refractivity contribution in [2.24, 2.45) is 0 Å². The minimum Gasteiger partial charge on any atom is -0.394 e. The average molecular weight is 306 g/mol. The summed E-state index contributed by atoms with van der Waals surface area (Å²) < 4.78 is 7.13. The summed E-state index contributed by atoms with van der Waals surface area (Å²) >= 11 is 0. The molecular weight excluding hydrogens is 288 g/mol. The number of anilines is 1. The SMILES string of the molecule is OC[C@H]1O[C@@H](n2cnc3c(NC4CC4)ccnc32)[C@H](O)[C@@H]1O. The van der Waals surface area contributed by atoms with E-state index >= 15 is 0 Å². The zero-order valence-electron chi connectivity index (χ0n) is 11.8. The molecule has 8 heteroatoms. The van der Waals surface area contributed by atoms with Gasteiger partial charge in [0.05, 0.1) is 18.6 Å². The van der Waals surface area contributed by atoms with Gasteiger partial charge in [0.25, 0.3) is 0 Å². The van der Waals surface area contributed by atoms with Crippen molar-refractivity contribution in [2.45, 2.75) is 43.4 Å². The molecule has 1 aliphatic carbocycles. The minimum absolute atomic E-state index is 0.358. The van der Waals surface area contributed by atoms with E-state index in [1.807, 2.05) is 6.07 Å². The molecule has 1 aliphatic heterocycles. The molecule has 0 radical (unpaired) electrons. The Morgan fingerprint density at radius 3 is 2.77 bits per heavy atom. The summed E-state index contributed by atoms with van der Waals surface area (Å²) in [5.41, 5.74) is 2.17. The number of pyridine rings is 1. The first-order valence-corrected chi connectivity index (χ1v) is 7.39. The zero-order chi connectivity index (χ0) is 15.3.